The van der Waals surface area contributed by atoms with Gasteiger partial charge in [-0.15, -0.1) is 0 Å². The number of carbonyl (C=O) groups excluding carboxylic acids is 1. The highest BCUT2D eigenvalue weighted by molar-refractivity contribution is 9.10. The Hall–Kier alpha value is -1.42. The number of amides is 1. The van der Waals surface area contributed by atoms with Crippen LogP contribution < -0.4 is 0 Å². The summed E-state index contributed by atoms with van der Waals surface area (Å²) in [4.78, 5) is 12.5. The van der Waals surface area contributed by atoms with Gasteiger partial charge in [-0.25, -0.2) is 0 Å². The third-order valence-corrected chi connectivity index (χ3v) is 5.10. The largest absolute Gasteiger partial charge is 0.438 e. The van der Waals surface area contributed by atoms with Gasteiger partial charge >= 0.3 is 6.18 Å². The summed E-state index contributed by atoms with van der Waals surface area (Å²) in [6, 6.07) is 0. The Balaban J connectivity index is 2.25. The third kappa shape index (κ3) is 3.08. The van der Waals surface area contributed by atoms with Crippen LogP contribution in [0, 0.1) is 19.8 Å². The summed E-state index contributed by atoms with van der Waals surface area (Å²) >= 11 is 3.36. The molecule has 1 aromatic rings. The first-order chi connectivity index (χ1) is 10.9. The minimum absolute atomic E-state index is 0.0456. The maximum absolute atomic E-state index is 13.2. The third-order valence-electron chi connectivity index (χ3n) is 3.95. The normalized spacial score (nSPS) is 22.7. The second-order valence-corrected chi connectivity index (χ2v) is 6.84. The van der Waals surface area contributed by atoms with Crippen LogP contribution in [0.5, 0.6) is 0 Å². The molecule has 0 radical (unpaired) electrons. The number of alkyl halides is 3. The van der Waals surface area contributed by atoms with E-state index in [1.54, 1.807) is 18.5 Å². The molecule has 0 aliphatic carbocycles. The Morgan fingerprint density at radius 2 is 2.00 bits per heavy atom. The molecule has 1 amide bonds. The molecule has 10 heteroatoms. The van der Waals surface area contributed by atoms with Crippen molar-refractivity contribution in [3.8, 4) is 0 Å². The van der Waals surface area contributed by atoms with Crippen molar-refractivity contribution >= 4 is 27.5 Å². The highest BCUT2D eigenvalue weighted by Gasteiger charge is 2.63. The van der Waals surface area contributed by atoms with Gasteiger partial charge in [-0.1, -0.05) is 6.92 Å². The lowest BCUT2D eigenvalue weighted by molar-refractivity contribution is -0.303. The van der Waals surface area contributed by atoms with Crippen molar-refractivity contribution in [1.82, 2.24) is 14.8 Å². The van der Waals surface area contributed by atoms with E-state index in [0.29, 0.717) is 5.69 Å². The second kappa shape index (κ2) is 6.14. The summed E-state index contributed by atoms with van der Waals surface area (Å²) in [6.45, 7) is 6.46. The van der Waals surface area contributed by atoms with E-state index in [1.165, 1.54) is 13.8 Å². The number of aryl methyl sites for hydroxylation is 1. The molecule has 1 aliphatic heterocycles. The van der Waals surface area contributed by atoms with Gasteiger partial charge in [0.15, 0.2) is 0 Å². The van der Waals surface area contributed by atoms with E-state index >= 15 is 0 Å². The van der Waals surface area contributed by atoms with E-state index in [2.05, 4.69) is 26.1 Å². The lowest BCUT2D eigenvalue weighted by atomic mass is 10.0. The van der Waals surface area contributed by atoms with Crippen LogP contribution in [0.1, 0.15) is 31.7 Å². The number of halogens is 4. The van der Waals surface area contributed by atoms with Gasteiger partial charge in [-0.2, -0.15) is 28.4 Å². The zero-order valence-electron chi connectivity index (χ0n) is 13.6. The molecule has 2 atom stereocenters. The van der Waals surface area contributed by atoms with Gasteiger partial charge in [0.25, 0.3) is 5.72 Å². The predicted octanol–water partition coefficient (Wildman–Crippen LogP) is 2.76. The maximum Gasteiger partial charge on any atom is 0.438 e. The highest BCUT2D eigenvalue weighted by atomic mass is 79.9. The molecule has 0 fully saturated rings. The summed E-state index contributed by atoms with van der Waals surface area (Å²) in [6.07, 6.45) is -5.74. The fourth-order valence-electron chi connectivity index (χ4n) is 2.57. The van der Waals surface area contributed by atoms with Crippen LogP contribution in [0.25, 0.3) is 0 Å². The van der Waals surface area contributed by atoms with Crippen LogP contribution in [0.15, 0.2) is 9.57 Å². The molecular weight excluding hydrogens is 393 g/mol. The molecule has 2 heterocycles. The Morgan fingerprint density at radius 3 is 2.46 bits per heavy atom. The molecule has 24 heavy (non-hydrogen) atoms. The van der Waals surface area contributed by atoms with E-state index in [0.717, 1.165) is 10.2 Å². The van der Waals surface area contributed by atoms with Crippen molar-refractivity contribution in [3.05, 3.63) is 15.9 Å². The van der Waals surface area contributed by atoms with E-state index in [1.807, 2.05) is 0 Å². The van der Waals surface area contributed by atoms with Crippen molar-refractivity contribution in [1.29, 1.82) is 0 Å². The highest BCUT2D eigenvalue weighted by Crippen LogP contribution is 2.40. The quantitative estimate of drug-likeness (QED) is 0.832. The number of nitrogens with zero attached hydrogens (tertiary/aromatic N) is 4. The van der Waals surface area contributed by atoms with Crippen molar-refractivity contribution in [2.75, 3.05) is 0 Å². The van der Waals surface area contributed by atoms with E-state index in [4.69, 9.17) is 0 Å². The van der Waals surface area contributed by atoms with Crippen molar-refractivity contribution in [2.24, 2.45) is 11.0 Å². The van der Waals surface area contributed by atoms with Gasteiger partial charge in [0.05, 0.1) is 22.6 Å². The van der Waals surface area contributed by atoms with E-state index in [9.17, 15) is 23.1 Å². The summed E-state index contributed by atoms with van der Waals surface area (Å²) in [7, 11) is 0. The molecule has 0 bridgehead atoms. The van der Waals surface area contributed by atoms with Gasteiger partial charge in [-0.3, -0.25) is 9.48 Å². The van der Waals surface area contributed by atoms with Crippen LogP contribution in [0.4, 0.5) is 13.2 Å². The number of hydrogen-bond donors (Lipinski definition) is 1. The minimum atomic E-state index is -5.00. The lowest BCUT2D eigenvalue weighted by Crippen LogP contribution is -2.57. The number of hydrazone groups is 1. The van der Waals surface area contributed by atoms with Gasteiger partial charge in [0, 0.05) is 17.8 Å². The molecule has 0 spiro atoms. The van der Waals surface area contributed by atoms with Crippen LogP contribution >= 0.6 is 15.9 Å². The van der Waals surface area contributed by atoms with Crippen LogP contribution in [-0.2, 0) is 11.3 Å². The molecule has 0 saturated heterocycles. The van der Waals surface area contributed by atoms with Gasteiger partial charge in [-0.05, 0) is 36.7 Å². The van der Waals surface area contributed by atoms with Crippen LogP contribution in [0.2, 0.25) is 0 Å². The fourth-order valence-corrected chi connectivity index (χ4v) is 2.86. The second-order valence-electron chi connectivity index (χ2n) is 6.04. The number of aliphatic hydroxyl groups is 1. The monoisotopic (exact) mass is 410 g/mol. The molecule has 1 aliphatic rings. The Bertz CT molecular complexity index is 701. The zero-order valence-corrected chi connectivity index (χ0v) is 15.2. The number of hydrogen-bond acceptors (Lipinski definition) is 4. The van der Waals surface area contributed by atoms with Crippen LogP contribution in [-0.4, -0.2) is 43.4 Å². The number of aromatic nitrogens is 2. The minimum Gasteiger partial charge on any atom is -0.362 e. The average molecular weight is 411 g/mol. The summed E-state index contributed by atoms with van der Waals surface area (Å²) in [5.41, 5.74) is -1.77. The van der Waals surface area contributed by atoms with Gasteiger partial charge in [0.1, 0.15) is 0 Å². The molecule has 0 saturated carbocycles. The zero-order chi connectivity index (χ0) is 18.4. The van der Waals surface area contributed by atoms with E-state index in [-0.39, 0.29) is 17.3 Å². The first-order valence-corrected chi connectivity index (χ1v) is 8.04. The molecule has 0 unspecified atom stereocenters. The fraction of sp³-hybridized carbons (Fsp3) is 0.643. The standard InChI is InChI=1S/C14H18BrF3N4O2/c1-7(6-21-10(4)11(15)9(3)20-21)12(23)22-13(24,14(16,17)18)5-8(2)19-22/h7,24H,5-6H2,1-4H3/t7-,13+/m0/s1. The molecule has 6 nitrogen and oxygen atoms in total. The molecule has 134 valence electrons. The molecule has 1 N–H and O–H groups in total. The molecule has 0 aromatic carbocycles. The molecule has 2 rings (SSSR count). The smallest absolute Gasteiger partial charge is 0.362 e. The Morgan fingerprint density at radius 1 is 1.42 bits per heavy atom. The number of rotatable bonds is 3. The first kappa shape index (κ1) is 18.9. The van der Waals surface area contributed by atoms with Gasteiger partial charge < -0.3 is 5.11 Å². The SMILES string of the molecule is CC1=NN(C(=O)[C@@H](C)Cn2nc(C)c(Br)c2C)[C@](O)(C(F)(F)F)C1. The number of carbonyl (C=O) groups is 1. The predicted molar refractivity (Wildman–Crippen MR) is 84.1 cm³/mol. The summed E-state index contributed by atoms with van der Waals surface area (Å²) in [5, 5.41) is 18.0. The van der Waals surface area contributed by atoms with Crippen molar-refractivity contribution < 1.29 is 23.1 Å². The Labute approximate surface area is 145 Å². The van der Waals surface area contributed by atoms with E-state index < -0.39 is 30.1 Å². The maximum atomic E-state index is 13.2. The summed E-state index contributed by atoms with van der Waals surface area (Å²) < 4.78 is 41.9. The average Bonchev–Trinajstić information content (AvgIpc) is 2.90. The topological polar surface area (TPSA) is 70.7 Å². The van der Waals surface area contributed by atoms with Crippen LogP contribution in [0.3, 0.4) is 0 Å². The lowest BCUT2D eigenvalue weighted by Gasteiger charge is -2.34. The summed E-state index contributed by atoms with van der Waals surface area (Å²) in [5.74, 6) is -1.76. The first-order valence-electron chi connectivity index (χ1n) is 7.25. The molecule has 1 aromatic heterocycles. The van der Waals surface area contributed by atoms with Gasteiger partial charge in [0.2, 0.25) is 5.91 Å². The Kier molecular flexibility index (Phi) is 4.84. The van der Waals surface area contributed by atoms with Crippen molar-refractivity contribution in [3.63, 3.8) is 0 Å². The van der Waals surface area contributed by atoms with Crippen molar-refractivity contribution in [2.45, 2.75) is 52.6 Å². The molecular formula is C14H18BrF3N4O2.